The van der Waals surface area contributed by atoms with Crippen LogP contribution in [0.15, 0.2) is 36.4 Å². The van der Waals surface area contributed by atoms with Gasteiger partial charge < -0.3 is 9.84 Å². The molecule has 0 unspecified atom stereocenters. The van der Waals surface area contributed by atoms with E-state index in [-0.39, 0.29) is 6.61 Å². The minimum atomic E-state index is 0.0978. The number of ether oxygens (including phenoxy) is 1. The Balaban J connectivity index is 2.44. The summed E-state index contributed by atoms with van der Waals surface area (Å²) in [5.74, 6) is 0.860. The molecule has 2 rings (SSSR count). The van der Waals surface area contributed by atoms with Gasteiger partial charge in [-0.15, -0.1) is 0 Å². The van der Waals surface area contributed by atoms with Crippen LogP contribution >= 0.6 is 0 Å². The van der Waals surface area contributed by atoms with E-state index < -0.39 is 0 Å². The van der Waals surface area contributed by atoms with E-state index in [2.05, 4.69) is 12.1 Å². The van der Waals surface area contributed by atoms with Crippen LogP contribution in [0.3, 0.4) is 0 Å². The fourth-order valence-electron chi connectivity index (χ4n) is 2.19. The first-order valence-corrected chi connectivity index (χ1v) is 6.01. The highest BCUT2D eigenvalue weighted by molar-refractivity contribution is 5.66. The topological polar surface area (TPSA) is 29.5 Å². The second kappa shape index (κ2) is 5.23. The van der Waals surface area contributed by atoms with Gasteiger partial charge in [0.05, 0.1) is 13.7 Å². The summed E-state index contributed by atoms with van der Waals surface area (Å²) in [6.07, 6.45) is 0. The van der Waals surface area contributed by atoms with Crippen molar-refractivity contribution in [2.24, 2.45) is 0 Å². The zero-order valence-electron chi connectivity index (χ0n) is 11.0. The van der Waals surface area contributed by atoms with Gasteiger partial charge in [-0.1, -0.05) is 24.3 Å². The van der Waals surface area contributed by atoms with Crippen molar-refractivity contribution >= 4 is 0 Å². The summed E-state index contributed by atoms with van der Waals surface area (Å²) in [5, 5.41) is 9.31. The Hall–Kier alpha value is -1.80. The third-order valence-corrected chi connectivity index (χ3v) is 3.28. The van der Waals surface area contributed by atoms with Gasteiger partial charge in [0.1, 0.15) is 5.75 Å². The molecule has 0 amide bonds. The molecule has 2 nitrogen and oxygen atoms in total. The summed E-state index contributed by atoms with van der Waals surface area (Å²) < 4.78 is 5.16. The zero-order valence-corrected chi connectivity index (χ0v) is 11.0. The van der Waals surface area contributed by atoms with Crippen LogP contribution in [0.25, 0.3) is 11.1 Å². The number of hydrogen-bond donors (Lipinski definition) is 1. The summed E-state index contributed by atoms with van der Waals surface area (Å²) >= 11 is 0. The number of aliphatic hydroxyl groups excluding tert-OH is 1. The molecule has 94 valence electrons. The Morgan fingerprint density at radius 3 is 1.94 bits per heavy atom. The van der Waals surface area contributed by atoms with E-state index in [0.29, 0.717) is 0 Å². The summed E-state index contributed by atoms with van der Waals surface area (Å²) in [6, 6.07) is 12.2. The average molecular weight is 242 g/mol. The molecule has 0 aliphatic heterocycles. The van der Waals surface area contributed by atoms with E-state index in [9.17, 15) is 5.11 Å². The SMILES string of the molecule is COc1ccc(-c2cc(C)c(CO)c(C)c2)cc1. The highest BCUT2D eigenvalue weighted by Gasteiger charge is 2.05. The molecule has 0 fully saturated rings. The van der Waals surface area contributed by atoms with Crippen molar-refractivity contribution in [1.82, 2.24) is 0 Å². The monoisotopic (exact) mass is 242 g/mol. The van der Waals surface area contributed by atoms with Gasteiger partial charge in [0.15, 0.2) is 0 Å². The molecule has 1 N–H and O–H groups in total. The minimum Gasteiger partial charge on any atom is -0.497 e. The lowest BCUT2D eigenvalue weighted by molar-refractivity contribution is 0.280. The normalized spacial score (nSPS) is 10.4. The average Bonchev–Trinajstić information content (AvgIpc) is 2.38. The zero-order chi connectivity index (χ0) is 13.1. The number of rotatable bonds is 3. The maximum absolute atomic E-state index is 9.31. The van der Waals surface area contributed by atoms with Gasteiger partial charge in [0.2, 0.25) is 0 Å². The maximum atomic E-state index is 9.31. The van der Waals surface area contributed by atoms with Crippen LogP contribution in [0.5, 0.6) is 5.75 Å². The van der Waals surface area contributed by atoms with Gasteiger partial charge in [-0.05, 0) is 53.8 Å². The van der Waals surface area contributed by atoms with Crippen molar-refractivity contribution in [2.45, 2.75) is 20.5 Å². The Labute approximate surface area is 108 Å². The van der Waals surface area contributed by atoms with Crippen LogP contribution in [-0.4, -0.2) is 12.2 Å². The Bertz CT molecular complexity index is 519. The van der Waals surface area contributed by atoms with Crippen LogP contribution in [0.2, 0.25) is 0 Å². The fourth-order valence-corrected chi connectivity index (χ4v) is 2.19. The largest absolute Gasteiger partial charge is 0.497 e. The highest BCUT2D eigenvalue weighted by atomic mass is 16.5. The molecule has 0 saturated heterocycles. The second-order valence-corrected chi connectivity index (χ2v) is 4.48. The molecule has 0 aliphatic rings. The van der Waals surface area contributed by atoms with E-state index >= 15 is 0 Å². The molecule has 0 bridgehead atoms. The quantitative estimate of drug-likeness (QED) is 0.893. The van der Waals surface area contributed by atoms with Crippen molar-refractivity contribution in [2.75, 3.05) is 7.11 Å². The van der Waals surface area contributed by atoms with Crippen LogP contribution < -0.4 is 4.74 Å². The molecular formula is C16H18O2. The summed E-state index contributed by atoms with van der Waals surface area (Å²) in [6.45, 7) is 4.16. The molecule has 0 atom stereocenters. The van der Waals surface area contributed by atoms with Gasteiger partial charge >= 0.3 is 0 Å². The number of aliphatic hydroxyl groups is 1. The van der Waals surface area contributed by atoms with Crippen molar-refractivity contribution < 1.29 is 9.84 Å². The molecule has 0 spiro atoms. The Morgan fingerprint density at radius 2 is 1.50 bits per heavy atom. The minimum absolute atomic E-state index is 0.0978. The van der Waals surface area contributed by atoms with Crippen molar-refractivity contribution in [3.8, 4) is 16.9 Å². The molecule has 18 heavy (non-hydrogen) atoms. The molecule has 0 aromatic heterocycles. The lowest BCUT2D eigenvalue weighted by Gasteiger charge is -2.11. The molecule has 0 radical (unpaired) electrons. The van der Waals surface area contributed by atoms with Gasteiger partial charge in [-0.2, -0.15) is 0 Å². The Morgan fingerprint density at radius 1 is 0.944 bits per heavy atom. The molecule has 0 aliphatic carbocycles. The van der Waals surface area contributed by atoms with E-state index in [1.165, 1.54) is 5.56 Å². The lowest BCUT2D eigenvalue weighted by Crippen LogP contribution is -1.94. The summed E-state index contributed by atoms with van der Waals surface area (Å²) in [4.78, 5) is 0. The smallest absolute Gasteiger partial charge is 0.118 e. The van der Waals surface area contributed by atoms with Crippen LogP contribution in [-0.2, 0) is 6.61 Å². The first-order valence-electron chi connectivity index (χ1n) is 6.01. The number of aryl methyl sites for hydroxylation is 2. The third-order valence-electron chi connectivity index (χ3n) is 3.28. The van der Waals surface area contributed by atoms with Gasteiger partial charge in [0, 0.05) is 0 Å². The molecule has 0 saturated carbocycles. The van der Waals surface area contributed by atoms with Crippen molar-refractivity contribution in [3.05, 3.63) is 53.1 Å². The fraction of sp³-hybridized carbons (Fsp3) is 0.250. The Kier molecular flexibility index (Phi) is 3.68. The third kappa shape index (κ3) is 2.39. The highest BCUT2D eigenvalue weighted by Crippen LogP contribution is 2.26. The lowest BCUT2D eigenvalue weighted by atomic mass is 9.96. The van der Waals surface area contributed by atoms with E-state index in [4.69, 9.17) is 4.74 Å². The predicted molar refractivity (Wildman–Crippen MR) is 73.8 cm³/mol. The maximum Gasteiger partial charge on any atom is 0.118 e. The summed E-state index contributed by atoms with van der Waals surface area (Å²) in [5.41, 5.74) is 5.61. The van der Waals surface area contributed by atoms with Crippen LogP contribution in [0, 0.1) is 13.8 Å². The van der Waals surface area contributed by atoms with E-state index in [0.717, 1.165) is 28.0 Å². The molecule has 2 aromatic carbocycles. The molecule has 2 heteroatoms. The van der Waals surface area contributed by atoms with Crippen LogP contribution in [0.4, 0.5) is 0 Å². The number of benzene rings is 2. The molecule has 0 heterocycles. The second-order valence-electron chi connectivity index (χ2n) is 4.48. The van der Waals surface area contributed by atoms with Gasteiger partial charge in [-0.25, -0.2) is 0 Å². The molecule has 2 aromatic rings. The van der Waals surface area contributed by atoms with Crippen LogP contribution in [0.1, 0.15) is 16.7 Å². The summed E-state index contributed by atoms with van der Waals surface area (Å²) in [7, 11) is 1.67. The first kappa shape index (κ1) is 12.7. The van der Waals surface area contributed by atoms with E-state index in [1.54, 1.807) is 7.11 Å². The van der Waals surface area contributed by atoms with Crippen molar-refractivity contribution in [1.29, 1.82) is 0 Å². The predicted octanol–water partition coefficient (Wildman–Crippen LogP) is 3.47. The molecular weight excluding hydrogens is 224 g/mol. The number of methoxy groups -OCH3 is 1. The van der Waals surface area contributed by atoms with Gasteiger partial charge in [-0.3, -0.25) is 0 Å². The standard InChI is InChI=1S/C16H18O2/c1-11-8-14(9-12(2)16(11)10-17)13-4-6-15(18-3)7-5-13/h4-9,17H,10H2,1-3H3. The van der Waals surface area contributed by atoms with Crippen molar-refractivity contribution in [3.63, 3.8) is 0 Å². The number of hydrogen-bond acceptors (Lipinski definition) is 2. The first-order chi connectivity index (χ1) is 8.65. The van der Waals surface area contributed by atoms with Gasteiger partial charge in [0.25, 0.3) is 0 Å². The van der Waals surface area contributed by atoms with E-state index in [1.807, 2.05) is 38.1 Å².